The maximum absolute atomic E-state index is 12.3. The molecular weight excluding hydrogens is 839 g/mol. The molecule has 64 heavy (non-hydrogen) atoms. The number of rotatable bonds is 46. The van der Waals surface area contributed by atoms with Gasteiger partial charge in [-0.05, 0) is 38.5 Å². The number of hydrogen-bond donors (Lipinski definition) is 8. The Morgan fingerprint density at radius 1 is 0.391 bits per heavy atom. The Morgan fingerprint density at radius 2 is 0.812 bits per heavy atom. The fourth-order valence-corrected chi connectivity index (χ4v) is 6.24. The van der Waals surface area contributed by atoms with Crippen LogP contribution in [0.2, 0.25) is 0 Å². The minimum Gasteiger partial charge on any atom is -0.481 e. The molecule has 0 radical (unpaired) electrons. The lowest BCUT2D eigenvalue weighted by Crippen LogP contribution is -2.42. The first-order chi connectivity index (χ1) is 30.8. The van der Waals surface area contributed by atoms with Crippen molar-refractivity contribution in [1.29, 1.82) is 0 Å². The molecule has 0 aliphatic rings. The fraction of sp³-hybridized carbons (Fsp3) is 0.818. The van der Waals surface area contributed by atoms with Gasteiger partial charge >= 0.3 is 17.9 Å². The number of ether oxygens (including phenoxy) is 4. The van der Waals surface area contributed by atoms with Gasteiger partial charge in [0.15, 0.2) is 0 Å². The minimum absolute atomic E-state index is 0.0409. The Morgan fingerprint density at radius 3 is 1.31 bits per heavy atom. The van der Waals surface area contributed by atoms with Crippen molar-refractivity contribution in [2.75, 3.05) is 72.5 Å². The topological polar surface area (TPSA) is 294 Å². The fourth-order valence-electron chi connectivity index (χ4n) is 6.24. The summed E-state index contributed by atoms with van der Waals surface area (Å²) < 4.78 is 21.2. The Labute approximate surface area is 378 Å². The number of hydrogen-bond acceptors (Lipinski definition) is 12. The lowest BCUT2D eigenvalue weighted by molar-refractivity contribution is -0.143. The van der Waals surface area contributed by atoms with E-state index < -0.39 is 35.9 Å². The van der Waals surface area contributed by atoms with Crippen LogP contribution in [0.3, 0.4) is 0 Å². The summed E-state index contributed by atoms with van der Waals surface area (Å²) in [5.41, 5.74) is 0. The minimum atomic E-state index is -1.20. The molecule has 0 bridgehead atoms. The second-order valence-electron chi connectivity index (χ2n) is 15.5. The molecule has 0 heterocycles. The summed E-state index contributed by atoms with van der Waals surface area (Å²) in [7, 11) is 0. The average Bonchev–Trinajstić information content (AvgIpc) is 3.25. The number of carbonyl (C=O) groups is 8. The third-order valence-corrected chi connectivity index (χ3v) is 9.88. The lowest BCUT2D eigenvalue weighted by atomic mass is 10.0. The summed E-state index contributed by atoms with van der Waals surface area (Å²) in [5, 5.41) is 40.4. The summed E-state index contributed by atoms with van der Waals surface area (Å²) in [6.07, 6.45) is 17.0. The quantitative estimate of drug-likeness (QED) is 0.0407. The largest absolute Gasteiger partial charge is 0.481 e. The van der Waals surface area contributed by atoms with Crippen molar-refractivity contribution in [2.24, 2.45) is 0 Å². The summed E-state index contributed by atoms with van der Waals surface area (Å²) in [4.78, 5) is 93.4. The van der Waals surface area contributed by atoms with E-state index in [1.807, 2.05) is 0 Å². The van der Waals surface area contributed by atoms with Crippen molar-refractivity contribution in [3.05, 3.63) is 0 Å². The van der Waals surface area contributed by atoms with Crippen LogP contribution in [0.1, 0.15) is 148 Å². The van der Waals surface area contributed by atoms with Crippen molar-refractivity contribution in [3.63, 3.8) is 0 Å². The molecule has 0 aromatic carbocycles. The monoisotopic (exact) mass is 918 g/mol. The first-order valence-corrected chi connectivity index (χ1v) is 23.2. The molecule has 20 nitrogen and oxygen atoms in total. The number of unbranched alkanes of at least 4 members (excludes halogenated alkanes) is 14. The van der Waals surface area contributed by atoms with Gasteiger partial charge in [-0.25, -0.2) is 9.59 Å². The van der Waals surface area contributed by atoms with Gasteiger partial charge in [0, 0.05) is 45.3 Å². The molecule has 0 rings (SSSR count). The molecule has 2 atom stereocenters. The van der Waals surface area contributed by atoms with Gasteiger partial charge in [0.25, 0.3) is 0 Å². The zero-order chi connectivity index (χ0) is 47.5. The third kappa shape index (κ3) is 40.4. The molecule has 0 spiro atoms. The van der Waals surface area contributed by atoms with Crippen LogP contribution in [-0.2, 0) is 57.3 Å². The van der Waals surface area contributed by atoms with Crippen LogP contribution in [0.25, 0.3) is 0 Å². The lowest BCUT2D eigenvalue weighted by Gasteiger charge is -2.14. The highest BCUT2D eigenvalue weighted by Gasteiger charge is 2.21. The summed E-state index contributed by atoms with van der Waals surface area (Å²) >= 11 is 0. The highest BCUT2D eigenvalue weighted by Crippen LogP contribution is 2.14. The van der Waals surface area contributed by atoms with E-state index in [0.717, 1.165) is 44.9 Å². The molecule has 0 aromatic heterocycles. The number of amides is 5. The predicted molar refractivity (Wildman–Crippen MR) is 236 cm³/mol. The van der Waals surface area contributed by atoms with Crippen LogP contribution in [0, 0.1) is 0 Å². The van der Waals surface area contributed by atoms with E-state index >= 15 is 0 Å². The van der Waals surface area contributed by atoms with Crippen molar-refractivity contribution in [1.82, 2.24) is 26.6 Å². The first-order valence-electron chi connectivity index (χ1n) is 23.2. The number of nitrogens with one attached hydrogen (secondary N) is 5. The van der Waals surface area contributed by atoms with Crippen LogP contribution >= 0.6 is 0 Å². The molecule has 370 valence electrons. The Balaban J connectivity index is 3.74. The normalized spacial score (nSPS) is 11.9. The van der Waals surface area contributed by atoms with Gasteiger partial charge in [-0.3, -0.25) is 28.8 Å². The van der Waals surface area contributed by atoms with Crippen LogP contribution in [0.5, 0.6) is 0 Å². The van der Waals surface area contributed by atoms with Crippen molar-refractivity contribution in [2.45, 2.75) is 160 Å². The molecule has 5 amide bonds. The van der Waals surface area contributed by atoms with E-state index in [1.54, 1.807) is 6.92 Å². The number of carbonyl (C=O) groups excluding carboxylic acids is 5. The smallest absolute Gasteiger partial charge is 0.326 e. The number of aliphatic carboxylic acids is 3. The van der Waals surface area contributed by atoms with Gasteiger partial charge in [0.2, 0.25) is 29.5 Å². The van der Waals surface area contributed by atoms with Gasteiger partial charge in [-0.2, -0.15) is 0 Å². The molecule has 0 saturated heterocycles. The van der Waals surface area contributed by atoms with E-state index in [1.165, 1.54) is 38.5 Å². The van der Waals surface area contributed by atoms with Gasteiger partial charge < -0.3 is 60.9 Å². The molecule has 8 N–H and O–H groups in total. The highest BCUT2D eigenvalue weighted by atomic mass is 16.5. The van der Waals surface area contributed by atoms with Crippen LogP contribution in [0.4, 0.5) is 0 Å². The zero-order valence-corrected chi connectivity index (χ0v) is 38.2. The summed E-state index contributed by atoms with van der Waals surface area (Å²) in [6.45, 7) is 2.96. The summed E-state index contributed by atoms with van der Waals surface area (Å²) in [6, 6.07) is -2.21. The second-order valence-corrected chi connectivity index (χ2v) is 15.5. The van der Waals surface area contributed by atoms with Crippen molar-refractivity contribution >= 4 is 47.4 Å². The maximum atomic E-state index is 12.3. The predicted octanol–water partition coefficient (Wildman–Crippen LogP) is 3.23. The maximum Gasteiger partial charge on any atom is 0.326 e. The van der Waals surface area contributed by atoms with E-state index in [0.29, 0.717) is 32.2 Å². The van der Waals surface area contributed by atoms with Gasteiger partial charge in [0.1, 0.15) is 25.3 Å². The number of carboxylic acids is 3. The number of carboxylic acid groups (broad SMARTS) is 3. The molecule has 0 fully saturated rings. The standard InChI is InChI=1S/C44H79N5O15/c1-2-37(50)45-24-18-17-19-35(43(57)58)49-41(54)34-64-32-30-62-28-26-47-40(53)33-63-31-29-61-27-25-46-38(51)23-22-36(44(59)60)48-39(52)20-15-13-11-9-7-5-3-4-6-8-10-12-14-16-21-42(55)56/h35-36H,2-34H2,1H3,(H,45,50)(H,46,51)(H,47,53)(H,48,52)(H,49,54)(H,55,56)(H,57,58)(H,59,60). The Bertz CT molecular complexity index is 1310. The van der Waals surface area contributed by atoms with Gasteiger partial charge in [0.05, 0.1) is 39.6 Å². The summed E-state index contributed by atoms with van der Waals surface area (Å²) in [5.74, 6) is -4.79. The van der Waals surface area contributed by atoms with E-state index in [9.17, 15) is 48.6 Å². The van der Waals surface area contributed by atoms with Gasteiger partial charge in [-0.15, -0.1) is 0 Å². The van der Waals surface area contributed by atoms with E-state index in [-0.39, 0.29) is 122 Å². The van der Waals surface area contributed by atoms with Crippen LogP contribution in [0.15, 0.2) is 0 Å². The van der Waals surface area contributed by atoms with Crippen molar-refractivity contribution in [3.8, 4) is 0 Å². The average molecular weight is 918 g/mol. The third-order valence-electron chi connectivity index (χ3n) is 9.88. The molecule has 20 heteroatoms. The van der Waals surface area contributed by atoms with Crippen LogP contribution in [-0.4, -0.2) is 147 Å². The molecule has 2 unspecified atom stereocenters. The van der Waals surface area contributed by atoms with Gasteiger partial charge in [-0.1, -0.05) is 84.0 Å². The van der Waals surface area contributed by atoms with E-state index in [2.05, 4.69) is 26.6 Å². The molecule has 0 aliphatic carbocycles. The molecule has 0 aliphatic heterocycles. The Kier molecular flexibility index (Phi) is 39.6. The molecule has 0 saturated carbocycles. The zero-order valence-electron chi connectivity index (χ0n) is 38.2. The van der Waals surface area contributed by atoms with Crippen LogP contribution < -0.4 is 26.6 Å². The van der Waals surface area contributed by atoms with E-state index in [4.69, 9.17) is 24.1 Å². The SMILES string of the molecule is CCC(=O)NCCCCC(NC(=O)COCCOCCNC(=O)COCCOCCNC(=O)CCC(NC(=O)CCCCCCCCCCCCCCCCC(=O)O)C(=O)O)C(=O)O. The first kappa shape index (κ1) is 59.6. The van der Waals surface area contributed by atoms with Crippen molar-refractivity contribution < 1.29 is 72.6 Å². The molecular formula is C44H79N5O15. The highest BCUT2D eigenvalue weighted by molar-refractivity contribution is 5.85. The Hall–Kier alpha value is -4.40. The second kappa shape index (κ2) is 42.5. The molecule has 0 aromatic rings.